The van der Waals surface area contributed by atoms with E-state index in [4.69, 9.17) is 4.74 Å². The Morgan fingerprint density at radius 3 is 2.76 bits per heavy atom. The van der Waals surface area contributed by atoms with Gasteiger partial charge in [0.05, 0.1) is 4.92 Å². The number of nitrogens with zero attached hydrogens (tertiary/aromatic N) is 2. The highest BCUT2D eigenvalue weighted by atomic mass is 16.6. The molecule has 0 saturated carbocycles. The van der Waals surface area contributed by atoms with Crippen molar-refractivity contribution < 1.29 is 9.66 Å². The van der Waals surface area contributed by atoms with E-state index in [9.17, 15) is 10.1 Å². The van der Waals surface area contributed by atoms with Gasteiger partial charge in [-0.05, 0) is 38.4 Å². The summed E-state index contributed by atoms with van der Waals surface area (Å²) in [6.45, 7) is 4.92. The van der Waals surface area contributed by atoms with Crippen molar-refractivity contribution in [2.75, 3.05) is 32.1 Å². The molecule has 0 atom stereocenters. The number of hydrogen-bond acceptors (Lipinski definition) is 5. The second-order valence-electron chi connectivity index (χ2n) is 5.40. The zero-order chi connectivity index (χ0) is 15.2. The number of hydrogen-bond donors (Lipinski definition) is 1. The Morgan fingerprint density at radius 1 is 1.43 bits per heavy atom. The lowest BCUT2D eigenvalue weighted by Crippen LogP contribution is -2.36. The zero-order valence-corrected chi connectivity index (χ0v) is 12.7. The predicted octanol–water partition coefficient (Wildman–Crippen LogP) is 2.64. The number of nitro groups is 1. The van der Waals surface area contributed by atoms with Crippen molar-refractivity contribution in [1.82, 2.24) is 4.90 Å². The van der Waals surface area contributed by atoms with Crippen LogP contribution < -0.4 is 5.32 Å². The molecule has 1 N–H and O–H groups in total. The Hall–Kier alpha value is -1.66. The lowest BCUT2D eigenvalue weighted by atomic mass is 10.1. The molecule has 1 aromatic rings. The van der Waals surface area contributed by atoms with Gasteiger partial charge in [-0.1, -0.05) is 6.07 Å². The van der Waals surface area contributed by atoms with Crippen molar-refractivity contribution >= 4 is 11.4 Å². The van der Waals surface area contributed by atoms with Crippen LogP contribution in [0.1, 0.15) is 25.3 Å². The number of ether oxygens (including phenoxy) is 1. The van der Waals surface area contributed by atoms with Crippen LogP contribution in [0, 0.1) is 10.1 Å². The summed E-state index contributed by atoms with van der Waals surface area (Å²) < 4.78 is 5.37. The van der Waals surface area contributed by atoms with Gasteiger partial charge >= 0.3 is 0 Å². The number of benzene rings is 1. The van der Waals surface area contributed by atoms with Gasteiger partial charge in [0, 0.05) is 38.4 Å². The van der Waals surface area contributed by atoms with Crippen molar-refractivity contribution in [2.45, 2.75) is 32.4 Å². The summed E-state index contributed by atoms with van der Waals surface area (Å²) in [5.41, 5.74) is 1.70. The second kappa shape index (κ2) is 7.38. The van der Waals surface area contributed by atoms with Gasteiger partial charge in [0.1, 0.15) is 5.69 Å². The van der Waals surface area contributed by atoms with Crippen molar-refractivity contribution in [1.29, 1.82) is 0 Å². The number of rotatable bonds is 6. The van der Waals surface area contributed by atoms with Crippen LogP contribution in [0.25, 0.3) is 0 Å². The first-order chi connectivity index (χ1) is 10.1. The van der Waals surface area contributed by atoms with Crippen molar-refractivity contribution in [2.24, 2.45) is 0 Å². The first-order valence-corrected chi connectivity index (χ1v) is 7.41. The summed E-state index contributed by atoms with van der Waals surface area (Å²) in [6.07, 6.45) is 2.04. The Morgan fingerprint density at radius 2 is 2.14 bits per heavy atom. The lowest BCUT2D eigenvalue weighted by Gasteiger charge is -2.31. The second-order valence-corrected chi connectivity index (χ2v) is 5.40. The normalized spacial score (nSPS) is 16.1. The van der Waals surface area contributed by atoms with E-state index in [1.165, 1.54) is 0 Å². The molecule has 6 nitrogen and oxygen atoms in total. The smallest absolute Gasteiger partial charge is 0.292 e. The van der Waals surface area contributed by atoms with E-state index < -0.39 is 0 Å². The topological polar surface area (TPSA) is 67.6 Å². The van der Waals surface area contributed by atoms with E-state index in [0.29, 0.717) is 18.3 Å². The number of nitro benzene ring substituents is 1. The fraction of sp³-hybridized carbons (Fsp3) is 0.600. The third kappa shape index (κ3) is 4.15. The van der Waals surface area contributed by atoms with Gasteiger partial charge in [-0.25, -0.2) is 0 Å². The van der Waals surface area contributed by atoms with Crippen LogP contribution in [0.15, 0.2) is 18.2 Å². The molecule has 2 rings (SSSR count). The highest BCUT2D eigenvalue weighted by molar-refractivity contribution is 5.62. The monoisotopic (exact) mass is 293 g/mol. The van der Waals surface area contributed by atoms with Crippen LogP contribution in [0.2, 0.25) is 0 Å². The van der Waals surface area contributed by atoms with E-state index in [0.717, 1.165) is 38.2 Å². The average Bonchev–Trinajstić information content (AvgIpc) is 2.49. The quantitative estimate of drug-likeness (QED) is 0.645. The standard InChI is InChI=1S/C15H23N3O3/c1-3-16-14-5-4-12(10-15(14)18(19)20)11-17(2)13-6-8-21-9-7-13/h4-5,10,13,16H,3,6-9,11H2,1-2H3. The summed E-state index contributed by atoms with van der Waals surface area (Å²) in [6, 6.07) is 5.93. The van der Waals surface area contributed by atoms with Gasteiger partial charge < -0.3 is 10.1 Å². The maximum absolute atomic E-state index is 11.2. The molecule has 0 amide bonds. The largest absolute Gasteiger partial charge is 0.381 e. The molecule has 1 aliphatic rings. The van der Waals surface area contributed by atoms with Gasteiger partial charge in [-0.15, -0.1) is 0 Å². The summed E-state index contributed by atoms with van der Waals surface area (Å²) in [5.74, 6) is 0. The molecule has 0 aromatic heterocycles. The fourth-order valence-electron chi connectivity index (χ4n) is 2.71. The molecule has 0 bridgehead atoms. The Labute approximate surface area is 125 Å². The van der Waals surface area contributed by atoms with Gasteiger partial charge in [-0.2, -0.15) is 0 Å². The average molecular weight is 293 g/mol. The first kappa shape index (κ1) is 15.7. The highest BCUT2D eigenvalue weighted by Gasteiger charge is 2.20. The minimum atomic E-state index is -0.323. The minimum absolute atomic E-state index is 0.148. The van der Waals surface area contributed by atoms with Crippen LogP contribution in [0.3, 0.4) is 0 Å². The third-order valence-electron chi connectivity index (χ3n) is 3.87. The molecule has 116 valence electrons. The van der Waals surface area contributed by atoms with Crippen LogP contribution in [0.4, 0.5) is 11.4 Å². The molecule has 1 aromatic carbocycles. The first-order valence-electron chi connectivity index (χ1n) is 7.41. The van der Waals surface area contributed by atoms with E-state index in [-0.39, 0.29) is 10.6 Å². The van der Waals surface area contributed by atoms with Gasteiger partial charge in [-0.3, -0.25) is 15.0 Å². The third-order valence-corrected chi connectivity index (χ3v) is 3.87. The van der Waals surface area contributed by atoms with Crippen molar-refractivity contribution in [3.05, 3.63) is 33.9 Å². The molecule has 1 saturated heterocycles. The molecule has 6 heteroatoms. The van der Waals surface area contributed by atoms with Crippen LogP contribution in [-0.4, -0.2) is 42.7 Å². The number of anilines is 1. The summed E-state index contributed by atoms with van der Waals surface area (Å²) >= 11 is 0. The summed E-state index contributed by atoms with van der Waals surface area (Å²) in [4.78, 5) is 13.1. The van der Waals surface area contributed by atoms with Gasteiger partial charge in [0.15, 0.2) is 0 Å². The fourth-order valence-corrected chi connectivity index (χ4v) is 2.71. The molecule has 21 heavy (non-hydrogen) atoms. The lowest BCUT2D eigenvalue weighted by molar-refractivity contribution is -0.384. The van der Waals surface area contributed by atoms with E-state index in [2.05, 4.69) is 17.3 Å². The molecular weight excluding hydrogens is 270 g/mol. The molecular formula is C15H23N3O3. The Kier molecular flexibility index (Phi) is 5.52. The minimum Gasteiger partial charge on any atom is -0.381 e. The molecule has 0 radical (unpaired) electrons. The van der Waals surface area contributed by atoms with E-state index in [1.54, 1.807) is 12.1 Å². The van der Waals surface area contributed by atoms with Gasteiger partial charge in [0.25, 0.3) is 5.69 Å². The van der Waals surface area contributed by atoms with Crippen molar-refractivity contribution in [3.8, 4) is 0 Å². The maximum atomic E-state index is 11.2. The van der Waals surface area contributed by atoms with E-state index in [1.807, 2.05) is 13.0 Å². The molecule has 0 unspecified atom stereocenters. The Bertz CT molecular complexity index is 487. The molecule has 1 heterocycles. The summed E-state index contributed by atoms with van der Waals surface area (Å²) in [5, 5.41) is 14.2. The molecule has 1 aliphatic heterocycles. The van der Waals surface area contributed by atoms with E-state index >= 15 is 0 Å². The maximum Gasteiger partial charge on any atom is 0.292 e. The SMILES string of the molecule is CCNc1ccc(CN(C)C2CCOCC2)cc1[N+](=O)[O-]. The van der Waals surface area contributed by atoms with Crippen molar-refractivity contribution in [3.63, 3.8) is 0 Å². The zero-order valence-electron chi connectivity index (χ0n) is 12.7. The Balaban J connectivity index is 2.08. The van der Waals surface area contributed by atoms with Crippen LogP contribution in [-0.2, 0) is 11.3 Å². The summed E-state index contributed by atoms with van der Waals surface area (Å²) in [7, 11) is 2.07. The van der Waals surface area contributed by atoms with Gasteiger partial charge in [0.2, 0.25) is 0 Å². The van der Waals surface area contributed by atoms with Crippen LogP contribution >= 0.6 is 0 Å². The highest BCUT2D eigenvalue weighted by Crippen LogP contribution is 2.26. The molecule has 0 spiro atoms. The predicted molar refractivity (Wildman–Crippen MR) is 82.6 cm³/mol. The van der Waals surface area contributed by atoms with Crippen LogP contribution in [0.5, 0.6) is 0 Å². The molecule has 1 fully saturated rings. The molecule has 0 aliphatic carbocycles. The number of nitrogens with one attached hydrogen (secondary N) is 1.